The summed E-state index contributed by atoms with van der Waals surface area (Å²) in [7, 11) is 3.33. The maximum Gasteiger partial charge on any atom is 0.175 e. The van der Waals surface area contributed by atoms with E-state index in [1.165, 1.54) is 12.8 Å². The number of nitrogens with zero attached hydrogens (tertiary/aromatic N) is 2. The van der Waals surface area contributed by atoms with Crippen LogP contribution in [0.25, 0.3) is 10.8 Å². The summed E-state index contributed by atoms with van der Waals surface area (Å²) in [5.41, 5.74) is 0.414. The number of ether oxygens (including phenoxy) is 2. The average molecular weight is 392 g/mol. The Morgan fingerprint density at radius 3 is 2.83 bits per heavy atom. The van der Waals surface area contributed by atoms with Gasteiger partial charge in [-0.2, -0.15) is 0 Å². The number of methoxy groups -OCH3 is 2. The topological polar surface area (TPSA) is 46.6 Å². The Hall–Kier alpha value is -1.53. The van der Waals surface area contributed by atoms with E-state index < -0.39 is 0 Å². The molecule has 2 fully saturated rings. The molecule has 0 radical (unpaired) electrons. The molecular formula is C18H22BrN3O2. The third-order valence-electron chi connectivity index (χ3n) is 5.40. The molecule has 5 nitrogen and oxygen atoms in total. The lowest BCUT2D eigenvalue weighted by atomic mass is 9.86. The Kier molecular flexibility index (Phi) is 4.04. The maximum absolute atomic E-state index is 5.52. The summed E-state index contributed by atoms with van der Waals surface area (Å²) in [5.74, 6) is 2.49. The van der Waals surface area contributed by atoms with Gasteiger partial charge in [0.25, 0.3) is 0 Å². The van der Waals surface area contributed by atoms with Crippen molar-refractivity contribution in [1.29, 1.82) is 0 Å². The molecule has 1 N–H and O–H groups in total. The fourth-order valence-electron chi connectivity index (χ4n) is 4.08. The Bertz CT molecular complexity index is 774. The molecule has 1 unspecified atom stereocenters. The van der Waals surface area contributed by atoms with Gasteiger partial charge in [-0.05, 0) is 47.4 Å². The molecule has 2 aromatic rings. The quantitative estimate of drug-likeness (QED) is 0.870. The number of pyridine rings is 1. The summed E-state index contributed by atoms with van der Waals surface area (Å²) in [6, 6.07) is 4.06. The van der Waals surface area contributed by atoms with Crippen LogP contribution in [0.1, 0.15) is 12.8 Å². The molecule has 1 aromatic carbocycles. The predicted molar refractivity (Wildman–Crippen MR) is 99.3 cm³/mol. The average Bonchev–Trinajstić information content (AvgIpc) is 3.24. The van der Waals surface area contributed by atoms with Crippen LogP contribution in [0.5, 0.6) is 11.5 Å². The summed E-state index contributed by atoms with van der Waals surface area (Å²) in [5, 5.41) is 5.72. The molecule has 6 heteroatoms. The number of anilines is 1. The molecule has 0 bridgehead atoms. The molecule has 0 amide bonds. The normalized spacial score (nSPS) is 23.4. The fraction of sp³-hybridized carbons (Fsp3) is 0.500. The summed E-state index contributed by atoms with van der Waals surface area (Å²) >= 11 is 3.67. The van der Waals surface area contributed by atoms with Crippen molar-refractivity contribution < 1.29 is 9.47 Å². The number of fused-ring (bicyclic) bond motifs is 1. The van der Waals surface area contributed by atoms with Crippen molar-refractivity contribution in [2.24, 2.45) is 5.41 Å². The van der Waals surface area contributed by atoms with Crippen LogP contribution in [-0.4, -0.2) is 45.4 Å². The number of benzene rings is 1. The van der Waals surface area contributed by atoms with Gasteiger partial charge in [-0.3, -0.25) is 0 Å². The Balaban J connectivity index is 1.80. The number of hydrogen-bond donors (Lipinski definition) is 1. The fourth-order valence-corrected chi connectivity index (χ4v) is 4.78. The zero-order chi connectivity index (χ0) is 16.7. The summed E-state index contributed by atoms with van der Waals surface area (Å²) in [4.78, 5) is 7.13. The minimum atomic E-state index is 0.414. The van der Waals surface area contributed by atoms with Gasteiger partial charge in [0.05, 0.1) is 18.7 Å². The highest BCUT2D eigenvalue weighted by molar-refractivity contribution is 9.10. The second-order valence-electron chi connectivity index (χ2n) is 6.75. The standard InChI is InChI=1S/C18H22BrN3O2/c1-23-14-9-13-12(15(19)16(14)24-2)3-6-21-17(13)22-8-5-18(11-22)4-7-20-10-18/h3,6,9,20H,4-5,7-8,10-11H2,1-2H3. The van der Waals surface area contributed by atoms with E-state index in [2.05, 4.69) is 26.1 Å². The van der Waals surface area contributed by atoms with Crippen LogP contribution < -0.4 is 19.7 Å². The molecule has 2 aliphatic heterocycles. The van der Waals surface area contributed by atoms with Gasteiger partial charge in [-0.1, -0.05) is 0 Å². The zero-order valence-corrected chi connectivity index (χ0v) is 15.6. The largest absolute Gasteiger partial charge is 0.493 e. The SMILES string of the molecule is COc1cc2c(N3CCC4(CCNC4)C3)nccc2c(Br)c1OC. The van der Waals surface area contributed by atoms with Crippen molar-refractivity contribution in [2.45, 2.75) is 12.8 Å². The molecule has 128 valence electrons. The Morgan fingerprint density at radius 1 is 1.25 bits per heavy atom. The Morgan fingerprint density at radius 2 is 2.12 bits per heavy atom. The lowest BCUT2D eigenvalue weighted by Crippen LogP contribution is -2.29. The van der Waals surface area contributed by atoms with Crippen LogP contribution in [0.2, 0.25) is 0 Å². The monoisotopic (exact) mass is 391 g/mol. The molecule has 2 saturated heterocycles. The number of halogens is 1. The van der Waals surface area contributed by atoms with Crippen LogP contribution >= 0.6 is 15.9 Å². The second kappa shape index (κ2) is 6.08. The van der Waals surface area contributed by atoms with Gasteiger partial charge >= 0.3 is 0 Å². The molecular weight excluding hydrogens is 370 g/mol. The van der Waals surface area contributed by atoms with E-state index in [1.54, 1.807) is 14.2 Å². The van der Waals surface area contributed by atoms with E-state index in [9.17, 15) is 0 Å². The van der Waals surface area contributed by atoms with Crippen LogP contribution in [0.3, 0.4) is 0 Å². The summed E-state index contributed by atoms with van der Waals surface area (Å²) in [6.45, 7) is 4.38. The maximum atomic E-state index is 5.52. The lowest BCUT2D eigenvalue weighted by Gasteiger charge is -2.24. The van der Waals surface area contributed by atoms with Crippen LogP contribution in [0.4, 0.5) is 5.82 Å². The van der Waals surface area contributed by atoms with E-state index in [0.717, 1.165) is 58.7 Å². The van der Waals surface area contributed by atoms with Crippen molar-refractivity contribution in [2.75, 3.05) is 45.3 Å². The van der Waals surface area contributed by atoms with Crippen LogP contribution in [0, 0.1) is 5.41 Å². The van der Waals surface area contributed by atoms with Crippen molar-refractivity contribution in [3.63, 3.8) is 0 Å². The van der Waals surface area contributed by atoms with Gasteiger partial charge in [-0.15, -0.1) is 0 Å². The van der Waals surface area contributed by atoms with Gasteiger partial charge in [0.2, 0.25) is 0 Å². The van der Waals surface area contributed by atoms with E-state index in [1.807, 2.05) is 18.3 Å². The summed E-state index contributed by atoms with van der Waals surface area (Å²) < 4.78 is 11.9. The summed E-state index contributed by atoms with van der Waals surface area (Å²) in [6.07, 6.45) is 4.37. The number of hydrogen-bond acceptors (Lipinski definition) is 5. The van der Waals surface area contributed by atoms with Gasteiger partial charge < -0.3 is 19.7 Å². The first kappa shape index (κ1) is 16.0. The minimum Gasteiger partial charge on any atom is -0.493 e. The molecule has 3 heterocycles. The van der Waals surface area contributed by atoms with Crippen molar-refractivity contribution in [1.82, 2.24) is 10.3 Å². The van der Waals surface area contributed by atoms with Crippen molar-refractivity contribution in [3.05, 3.63) is 22.8 Å². The van der Waals surface area contributed by atoms with Crippen LogP contribution in [-0.2, 0) is 0 Å². The van der Waals surface area contributed by atoms with Gasteiger partial charge in [0, 0.05) is 42.0 Å². The molecule has 1 aromatic heterocycles. The third kappa shape index (κ3) is 2.43. The first-order chi connectivity index (χ1) is 11.7. The highest BCUT2D eigenvalue weighted by Gasteiger charge is 2.41. The second-order valence-corrected chi connectivity index (χ2v) is 7.55. The van der Waals surface area contributed by atoms with E-state index in [0.29, 0.717) is 5.41 Å². The molecule has 2 aliphatic rings. The van der Waals surface area contributed by atoms with E-state index in [-0.39, 0.29) is 0 Å². The molecule has 1 atom stereocenters. The zero-order valence-electron chi connectivity index (χ0n) is 14.1. The number of nitrogens with one attached hydrogen (secondary N) is 1. The molecule has 24 heavy (non-hydrogen) atoms. The minimum absolute atomic E-state index is 0.414. The number of rotatable bonds is 3. The van der Waals surface area contributed by atoms with Crippen LogP contribution in [0.15, 0.2) is 22.8 Å². The molecule has 4 rings (SSSR count). The van der Waals surface area contributed by atoms with Gasteiger partial charge in [0.1, 0.15) is 5.82 Å². The van der Waals surface area contributed by atoms with E-state index in [4.69, 9.17) is 14.5 Å². The van der Waals surface area contributed by atoms with Gasteiger partial charge in [-0.25, -0.2) is 4.98 Å². The Labute approximate surface area is 150 Å². The van der Waals surface area contributed by atoms with Gasteiger partial charge in [0.15, 0.2) is 11.5 Å². The predicted octanol–water partition coefficient (Wildman–Crippen LogP) is 3.20. The lowest BCUT2D eigenvalue weighted by molar-refractivity contribution is 0.354. The first-order valence-corrected chi connectivity index (χ1v) is 9.12. The molecule has 0 saturated carbocycles. The van der Waals surface area contributed by atoms with Crippen molar-refractivity contribution in [3.8, 4) is 11.5 Å². The smallest absolute Gasteiger partial charge is 0.175 e. The van der Waals surface area contributed by atoms with E-state index >= 15 is 0 Å². The molecule has 1 spiro atoms. The first-order valence-electron chi connectivity index (χ1n) is 8.32. The highest BCUT2D eigenvalue weighted by atomic mass is 79.9. The third-order valence-corrected chi connectivity index (χ3v) is 6.19. The highest BCUT2D eigenvalue weighted by Crippen LogP contribution is 2.45. The van der Waals surface area contributed by atoms with Crippen molar-refractivity contribution >= 4 is 32.5 Å². The number of aromatic nitrogens is 1. The molecule has 0 aliphatic carbocycles.